The van der Waals surface area contributed by atoms with E-state index in [9.17, 15) is 4.79 Å². The van der Waals surface area contributed by atoms with Gasteiger partial charge in [0.15, 0.2) is 0 Å². The van der Waals surface area contributed by atoms with E-state index in [2.05, 4.69) is 26.1 Å². The van der Waals surface area contributed by atoms with Crippen molar-refractivity contribution in [1.29, 1.82) is 0 Å². The van der Waals surface area contributed by atoms with Crippen molar-refractivity contribution in [1.82, 2.24) is 9.78 Å². The summed E-state index contributed by atoms with van der Waals surface area (Å²) in [6, 6.07) is 16.0. The molecule has 1 aliphatic rings. The molecule has 5 nitrogen and oxygen atoms in total. The molecule has 0 unspecified atom stereocenters. The molecule has 0 radical (unpaired) electrons. The summed E-state index contributed by atoms with van der Waals surface area (Å²) in [6.45, 7) is 8.95. The van der Waals surface area contributed by atoms with E-state index in [1.54, 1.807) is 0 Å². The lowest BCUT2D eigenvalue weighted by Gasteiger charge is -2.29. The third-order valence-electron chi connectivity index (χ3n) is 5.45. The number of rotatable bonds is 4. The van der Waals surface area contributed by atoms with E-state index in [0.29, 0.717) is 5.56 Å². The van der Waals surface area contributed by atoms with Crippen LogP contribution in [0.15, 0.2) is 48.5 Å². The zero-order valence-corrected chi connectivity index (χ0v) is 16.7. The van der Waals surface area contributed by atoms with Gasteiger partial charge in [-0.05, 0) is 62.1 Å². The van der Waals surface area contributed by atoms with Gasteiger partial charge in [-0.2, -0.15) is 5.10 Å². The summed E-state index contributed by atoms with van der Waals surface area (Å²) in [7, 11) is 0. The lowest BCUT2D eigenvalue weighted by molar-refractivity contribution is 0.102. The summed E-state index contributed by atoms with van der Waals surface area (Å²) < 4.78 is 2.09. The molecule has 4 rings (SSSR count). The lowest BCUT2D eigenvalue weighted by Crippen LogP contribution is -2.31. The number of nitrogens with zero attached hydrogens (tertiary/aromatic N) is 3. The normalized spacial score (nSPS) is 13.3. The summed E-state index contributed by atoms with van der Waals surface area (Å²) in [4.78, 5) is 15.0. The predicted molar refractivity (Wildman–Crippen MR) is 113 cm³/mol. The van der Waals surface area contributed by atoms with Crippen molar-refractivity contribution in [3.8, 4) is 0 Å². The third-order valence-corrected chi connectivity index (χ3v) is 5.45. The summed E-state index contributed by atoms with van der Waals surface area (Å²) in [5.74, 6) is 1.10. The van der Waals surface area contributed by atoms with Crippen LogP contribution in [-0.2, 0) is 13.1 Å². The average Bonchev–Trinajstić information content (AvgIpc) is 3.07. The van der Waals surface area contributed by atoms with Crippen LogP contribution in [0.4, 0.5) is 11.5 Å². The second-order valence-electron chi connectivity index (χ2n) is 7.54. The molecule has 5 heteroatoms. The highest BCUT2D eigenvalue weighted by Gasteiger charge is 2.18. The molecule has 0 atom stereocenters. The topological polar surface area (TPSA) is 50.2 Å². The predicted octanol–water partition coefficient (Wildman–Crippen LogP) is 4.47. The standard InChI is InChI=1S/C23H26N4O/c1-16-6-4-7-21(18(16)3)24-23(28)20-10-8-19(9-11-20)15-26-12-5-13-27-22(26)14-17(2)25-27/h4,6-11,14H,5,12-13,15H2,1-3H3,(H,24,28). The van der Waals surface area contributed by atoms with Gasteiger partial charge in [0.2, 0.25) is 0 Å². The van der Waals surface area contributed by atoms with E-state index in [1.165, 1.54) is 16.9 Å². The number of anilines is 2. The van der Waals surface area contributed by atoms with Crippen molar-refractivity contribution in [3.63, 3.8) is 0 Å². The summed E-state index contributed by atoms with van der Waals surface area (Å²) in [5.41, 5.74) is 6.06. The van der Waals surface area contributed by atoms with Crippen LogP contribution >= 0.6 is 0 Å². The number of amides is 1. The maximum Gasteiger partial charge on any atom is 0.255 e. The maximum atomic E-state index is 12.6. The minimum Gasteiger partial charge on any atom is -0.352 e. The Hall–Kier alpha value is -3.08. The van der Waals surface area contributed by atoms with Crippen LogP contribution in [0, 0.1) is 20.8 Å². The fourth-order valence-corrected chi connectivity index (χ4v) is 3.70. The Balaban J connectivity index is 1.46. The molecule has 0 saturated carbocycles. The molecule has 0 bridgehead atoms. The van der Waals surface area contributed by atoms with Crippen molar-refractivity contribution < 1.29 is 4.79 Å². The van der Waals surface area contributed by atoms with E-state index < -0.39 is 0 Å². The third kappa shape index (κ3) is 3.65. The van der Waals surface area contributed by atoms with E-state index >= 15 is 0 Å². The minimum absolute atomic E-state index is 0.0769. The van der Waals surface area contributed by atoms with Gasteiger partial charge < -0.3 is 10.2 Å². The molecule has 144 valence electrons. The number of benzene rings is 2. The Kier molecular flexibility index (Phi) is 4.90. The van der Waals surface area contributed by atoms with Crippen LogP contribution in [0.5, 0.6) is 0 Å². The molecule has 1 amide bonds. The quantitative estimate of drug-likeness (QED) is 0.733. The Morgan fingerprint density at radius 3 is 2.64 bits per heavy atom. The number of nitrogens with one attached hydrogen (secondary N) is 1. The molecule has 0 spiro atoms. The molecule has 1 aliphatic heterocycles. The molecular weight excluding hydrogens is 348 g/mol. The molecule has 3 aromatic rings. The number of carbonyl (C=O) groups excluding carboxylic acids is 1. The number of hydrogen-bond acceptors (Lipinski definition) is 3. The zero-order chi connectivity index (χ0) is 19.7. The van der Waals surface area contributed by atoms with Gasteiger partial charge in [-0.3, -0.25) is 4.79 Å². The molecule has 1 aromatic heterocycles. The highest BCUT2D eigenvalue weighted by atomic mass is 16.1. The molecule has 2 aromatic carbocycles. The summed E-state index contributed by atoms with van der Waals surface area (Å²) in [5, 5.41) is 7.58. The van der Waals surface area contributed by atoms with Gasteiger partial charge >= 0.3 is 0 Å². The van der Waals surface area contributed by atoms with Crippen molar-refractivity contribution >= 4 is 17.4 Å². The van der Waals surface area contributed by atoms with Gasteiger partial charge in [0.05, 0.1) is 5.69 Å². The van der Waals surface area contributed by atoms with Crippen molar-refractivity contribution in [3.05, 3.63) is 76.5 Å². The van der Waals surface area contributed by atoms with Crippen molar-refractivity contribution in [2.75, 3.05) is 16.8 Å². The van der Waals surface area contributed by atoms with E-state index in [4.69, 9.17) is 0 Å². The number of aryl methyl sites for hydroxylation is 3. The largest absolute Gasteiger partial charge is 0.352 e. The van der Waals surface area contributed by atoms with Gasteiger partial charge in [-0.1, -0.05) is 24.3 Å². The fraction of sp³-hybridized carbons (Fsp3) is 0.304. The van der Waals surface area contributed by atoms with Crippen LogP contribution in [0.1, 0.15) is 39.2 Å². The Labute approximate surface area is 166 Å². The molecular formula is C23H26N4O. The summed E-state index contributed by atoms with van der Waals surface area (Å²) in [6.07, 6.45) is 1.10. The Morgan fingerprint density at radius 1 is 1.07 bits per heavy atom. The molecule has 28 heavy (non-hydrogen) atoms. The maximum absolute atomic E-state index is 12.6. The van der Waals surface area contributed by atoms with Crippen LogP contribution < -0.4 is 10.2 Å². The first-order chi connectivity index (χ1) is 13.5. The Morgan fingerprint density at radius 2 is 1.86 bits per heavy atom. The van der Waals surface area contributed by atoms with Crippen LogP contribution in [-0.4, -0.2) is 22.2 Å². The first-order valence-electron chi connectivity index (χ1n) is 9.77. The molecule has 1 N–H and O–H groups in total. The van der Waals surface area contributed by atoms with Crippen LogP contribution in [0.3, 0.4) is 0 Å². The van der Waals surface area contributed by atoms with Gasteiger partial charge in [0, 0.05) is 37.0 Å². The zero-order valence-electron chi connectivity index (χ0n) is 16.7. The fourth-order valence-electron chi connectivity index (χ4n) is 3.70. The monoisotopic (exact) mass is 374 g/mol. The first kappa shape index (κ1) is 18.3. The minimum atomic E-state index is -0.0769. The number of fused-ring (bicyclic) bond motifs is 1. The van der Waals surface area contributed by atoms with Gasteiger partial charge in [-0.25, -0.2) is 4.68 Å². The number of carbonyl (C=O) groups is 1. The molecule has 0 aliphatic carbocycles. The van der Waals surface area contributed by atoms with Gasteiger partial charge in [-0.15, -0.1) is 0 Å². The SMILES string of the molecule is Cc1cc2n(n1)CCCN2Cc1ccc(C(=O)Nc2cccc(C)c2C)cc1. The van der Waals surface area contributed by atoms with E-state index in [0.717, 1.165) is 43.0 Å². The summed E-state index contributed by atoms with van der Waals surface area (Å²) >= 11 is 0. The second-order valence-corrected chi connectivity index (χ2v) is 7.54. The van der Waals surface area contributed by atoms with Crippen molar-refractivity contribution in [2.24, 2.45) is 0 Å². The average molecular weight is 374 g/mol. The van der Waals surface area contributed by atoms with Gasteiger partial charge in [0.25, 0.3) is 5.91 Å². The van der Waals surface area contributed by atoms with E-state index in [-0.39, 0.29) is 5.91 Å². The molecule has 2 heterocycles. The van der Waals surface area contributed by atoms with Crippen LogP contribution in [0.2, 0.25) is 0 Å². The highest BCUT2D eigenvalue weighted by Crippen LogP contribution is 2.24. The smallest absolute Gasteiger partial charge is 0.255 e. The Bertz CT molecular complexity index is 1000. The first-order valence-corrected chi connectivity index (χ1v) is 9.77. The van der Waals surface area contributed by atoms with Gasteiger partial charge in [0.1, 0.15) is 5.82 Å². The lowest BCUT2D eigenvalue weighted by atomic mass is 10.1. The highest BCUT2D eigenvalue weighted by molar-refractivity contribution is 6.04. The number of hydrogen-bond donors (Lipinski definition) is 1. The molecule has 0 saturated heterocycles. The van der Waals surface area contributed by atoms with Crippen molar-refractivity contribution in [2.45, 2.75) is 40.3 Å². The number of aromatic nitrogens is 2. The second kappa shape index (κ2) is 7.50. The van der Waals surface area contributed by atoms with Crippen LogP contribution in [0.25, 0.3) is 0 Å². The van der Waals surface area contributed by atoms with E-state index in [1.807, 2.05) is 63.2 Å². The molecule has 0 fully saturated rings.